The average Bonchev–Trinajstić information content (AvgIpc) is 3.42. The van der Waals surface area contributed by atoms with Gasteiger partial charge in [0.15, 0.2) is 27.8 Å². The van der Waals surface area contributed by atoms with Gasteiger partial charge in [0, 0.05) is 11.8 Å². The third kappa shape index (κ3) is 3.42. The minimum atomic E-state index is -0.104. The van der Waals surface area contributed by atoms with Crippen LogP contribution in [0.4, 0.5) is 5.69 Å². The summed E-state index contributed by atoms with van der Waals surface area (Å²) < 4.78 is 29.3. The Kier molecular flexibility index (Phi) is 5.14. The molecule has 0 saturated heterocycles. The van der Waals surface area contributed by atoms with Crippen molar-refractivity contribution in [1.82, 2.24) is 4.57 Å². The maximum Gasteiger partial charge on any atom is 0.271 e. The van der Waals surface area contributed by atoms with Gasteiger partial charge in [-0.05, 0) is 35.9 Å². The normalized spacial score (nSPS) is 14.7. The molecule has 0 bridgehead atoms. The van der Waals surface area contributed by atoms with Crippen molar-refractivity contribution in [3.63, 3.8) is 0 Å². The van der Waals surface area contributed by atoms with Crippen LogP contribution in [0.3, 0.4) is 0 Å². The van der Waals surface area contributed by atoms with Crippen molar-refractivity contribution in [1.29, 1.82) is 0 Å². The van der Waals surface area contributed by atoms with Gasteiger partial charge in [0.1, 0.15) is 13.3 Å². The molecule has 2 aliphatic rings. The van der Waals surface area contributed by atoms with Gasteiger partial charge >= 0.3 is 0 Å². The predicted molar refractivity (Wildman–Crippen MR) is 119 cm³/mol. The van der Waals surface area contributed by atoms with Crippen LogP contribution in [0.15, 0.2) is 40.1 Å². The minimum absolute atomic E-state index is 0.104. The molecule has 0 spiro atoms. The number of nitrogens with zero attached hydrogens (tertiary/aromatic N) is 3. The Labute approximate surface area is 187 Å². The first-order valence-corrected chi connectivity index (χ1v) is 10.6. The van der Waals surface area contributed by atoms with E-state index < -0.39 is 0 Å². The van der Waals surface area contributed by atoms with Crippen molar-refractivity contribution in [3.05, 3.63) is 55.6 Å². The standard InChI is InChI=1S/C22H21N3O6S/c1-27-17-6-13(7-18(28-2)20(17)29-3)8-19-21(26)25-11-24(10-23-22(25)32-19)14-4-5-15-16(9-14)31-12-30-15/h4-9H,10-12H2,1-3H3/b19-8-. The molecule has 5 rings (SSSR count). The van der Waals surface area contributed by atoms with Gasteiger partial charge in [0.2, 0.25) is 12.5 Å². The van der Waals surface area contributed by atoms with E-state index in [1.54, 1.807) is 38.0 Å². The van der Waals surface area contributed by atoms with Crippen LogP contribution in [0.2, 0.25) is 0 Å². The molecule has 1 aromatic heterocycles. The molecule has 0 aliphatic carbocycles. The van der Waals surface area contributed by atoms with Gasteiger partial charge in [-0.25, -0.2) is 4.99 Å². The van der Waals surface area contributed by atoms with E-state index in [0.29, 0.717) is 45.7 Å². The van der Waals surface area contributed by atoms with Gasteiger partial charge in [-0.3, -0.25) is 9.36 Å². The first-order chi connectivity index (χ1) is 15.6. The van der Waals surface area contributed by atoms with Crippen LogP contribution < -0.4 is 43.5 Å². The van der Waals surface area contributed by atoms with Gasteiger partial charge in [0.25, 0.3) is 5.56 Å². The summed E-state index contributed by atoms with van der Waals surface area (Å²) in [6, 6.07) is 9.32. The Morgan fingerprint density at radius 2 is 1.78 bits per heavy atom. The van der Waals surface area contributed by atoms with Crippen LogP contribution >= 0.6 is 11.3 Å². The monoisotopic (exact) mass is 455 g/mol. The van der Waals surface area contributed by atoms with E-state index in [1.165, 1.54) is 11.3 Å². The van der Waals surface area contributed by atoms with Crippen molar-refractivity contribution in [2.45, 2.75) is 6.67 Å². The number of benzene rings is 2. The number of anilines is 1. The lowest BCUT2D eigenvalue weighted by Gasteiger charge is -2.25. The molecular formula is C22H21N3O6S. The number of methoxy groups -OCH3 is 3. The Hall–Kier alpha value is -3.66. The summed E-state index contributed by atoms with van der Waals surface area (Å²) in [4.78, 5) is 20.4. The van der Waals surface area contributed by atoms with Gasteiger partial charge in [-0.1, -0.05) is 11.3 Å². The molecule has 3 heterocycles. The summed E-state index contributed by atoms with van der Waals surface area (Å²) in [6.45, 7) is 1.07. The van der Waals surface area contributed by atoms with E-state index in [1.807, 2.05) is 29.2 Å². The fourth-order valence-electron chi connectivity index (χ4n) is 3.69. The lowest BCUT2D eigenvalue weighted by molar-refractivity contribution is 0.174. The molecule has 3 aromatic rings. The van der Waals surface area contributed by atoms with Gasteiger partial charge in [-0.15, -0.1) is 0 Å². The molecule has 2 aromatic carbocycles. The number of thiazole rings is 1. The van der Waals surface area contributed by atoms with E-state index in [4.69, 9.17) is 23.7 Å². The maximum atomic E-state index is 13.1. The summed E-state index contributed by atoms with van der Waals surface area (Å²) in [5, 5.41) is 0. The van der Waals surface area contributed by atoms with Crippen LogP contribution in [0.25, 0.3) is 6.08 Å². The largest absolute Gasteiger partial charge is 0.493 e. The fourth-order valence-corrected chi connectivity index (χ4v) is 4.66. The van der Waals surface area contributed by atoms with Gasteiger partial charge in [-0.2, -0.15) is 0 Å². The molecule has 0 unspecified atom stereocenters. The fraction of sp³-hybridized carbons (Fsp3) is 0.273. The van der Waals surface area contributed by atoms with Crippen LogP contribution in [-0.2, 0) is 6.67 Å². The first-order valence-electron chi connectivity index (χ1n) is 9.81. The van der Waals surface area contributed by atoms with Crippen molar-refractivity contribution < 1.29 is 23.7 Å². The minimum Gasteiger partial charge on any atom is -0.493 e. The highest BCUT2D eigenvalue weighted by atomic mass is 32.1. The number of ether oxygens (including phenoxy) is 5. The zero-order chi connectivity index (χ0) is 22.2. The Balaban J connectivity index is 1.50. The number of hydrogen-bond donors (Lipinski definition) is 0. The predicted octanol–water partition coefficient (Wildman–Crippen LogP) is 1.55. The number of rotatable bonds is 5. The van der Waals surface area contributed by atoms with Crippen molar-refractivity contribution in [3.8, 4) is 28.7 Å². The Morgan fingerprint density at radius 1 is 1.03 bits per heavy atom. The smallest absolute Gasteiger partial charge is 0.271 e. The lowest BCUT2D eigenvalue weighted by Crippen LogP contribution is -2.42. The van der Waals surface area contributed by atoms with Crippen LogP contribution in [0.1, 0.15) is 5.56 Å². The van der Waals surface area contributed by atoms with E-state index in [9.17, 15) is 4.79 Å². The molecule has 32 heavy (non-hydrogen) atoms. The molecule has 0 radical (unpaired) electrons. The number of fused-ring (bicyclic) bond motifs is 2. The molecule has 166 valence electrons. The molecule has 0 saturated carbocycles. The molecule has 0 fully saturated rings. The summed E-state index contributed by atoms with van der Waals surface area (Å²) in [5.74, 6) is 2.97. The quantitative estimate of drug-likeness (QED) is 0.577. The molecule has 0 N–H and O–H groups in total. The third-order valence-electron chi connectivity index (χ3n) is 5.28. The van der Waals surface area contributed by atoms with E-state index in [0.717, 1.165) is 17.0 Å². The van der Waals surface area contributed by atoms with Crippen molar-refractivity contribution >= 4 is 23.1 Å². The first kappa shape index (κ1) is 20.3. The molecule has 10 heteroatoms. The van der Waals surface area contributed by atoms with Crippen LogP contribution in [-0.4, -0.2) is 39.4 Å². The number of aromatic nitrogens is 1. The van der Waals surface area contributed by atoms with Crippen LogP contribution in [0.5, 0.6) is 28.7 Å². The second kappa shape index (κ2) is 8.12. The summed E-state index contributed by atoms with van der Waals surface area (Å²) in [5.41, 5.74) is 1.58. The topological polar surface area (TPSA) is 83.8 Å². The SMILES string of the molecule is COc1cc(/C=c2\sc3n(c2=O)CN(c2ccc4c(c2)OCO4)CN=3)cc(OC)c1OC. The molecule has 9 nitrogen and oxygen atoms in total. The van der Waals surface area contributed by atoms with Crippen LogP contribution in [0, 0.1) is 0 Å². The Morgan fingerprint density at radius 3 is 2.50 bits per heavy atom. The van der Waals surface area contributed by atoms with E-state index in [-0.39, 0.29) is 12.4 Å². The highest BCUT2D eigenvalue weighted by Gasteiger charge is 2.20. The zero-order valence-electron chi connectivity index (χ0n) is 17.8. The van der Waals surface area contributed by atoms with Crippen molar-refractivity contribution in [2.75, 3.05) is 39.7 Å². The third-order valence-corrected chi connectivity index (χ3v) is 6.33. The number of hydrogen-bond acceptors (Lipinski definition) is 9. The van der Waals surface area contributed by atoms with E-state index in [2.05, 4.69) is 4.99 Å². The second-order valence-corrected chi connectivity index (χ2v) is 8.11. The maximum absolute atomic E-state index is 13.1. The summed E-state index contributed by atoms with van der Waals surface area (Å²) in [7, 11) is 4.67. The molecule has 0 amide bonds. The second-order valence-electron chi connectivity index (χ2n) is 7.10. The van der Waals surface area contributed by atoms with Gasteiger partial charge < -0.3 is 28.6 Å². The zero-order valence-corrected chi connectivity index (χ0v) is 18.6. The van der Waals surface area contributed by atoms with E-state index >= 15 is 0 Å². The lowest BCUT2D eigenvalue weighted by atomic mass is 10.1. The Bertz CT molecular complexity index is 1340. The summed E-state index contributed by atoms with van der Waals surface area (Å²) in [6.07, 6.45) is 1.81. The van der Waals surface area contributed by atoms with Crippen molar-refractivity contribution in [2.24, 2.45) is 4.99 Å². The summed E-state index contributed by atoms with van der Waals surface area (Å²) >= 11 is 1.35. The average molecular weight is 455 g/mol. The highest BCUT2D eigenvalue weighted by molar-refractivity contribution is 7.07. The van der Waals surface area contributed by atoms with Gasteiger partial charge in [0.05, 0.1) is 25.9 Å². The molecule has 0 atom stereocenters. The molecule has 2 aliphatic heterocycles. The highest BCUT2D eigenvalue weighted by Crippen LogP contribution is 2.38. The molecular weight excluding hydrogens is 434 g/mol.